The van der Waals surface area contributed by atoms with Crippen LogP contribution in [0.4, 0.5) is 0 Å². The Kier molecular flexibility index (Phi) is 4.26. The van der Waals surface area contributed by atoms with Crippen molar-refractivity contribution in [3.05, 3.63) is 45.6 Å². The number of rotatable bonds is 4. The van der Waals surface area contributed by atoms with Gasteiger partial charge in [0.2, 0.25) is 0 Å². The van der Waals surface area contributed by atoms with Crippen molar-refractivity contribution >= 4 is 44.4 Å². The third-order valence-electron chi connectivity index (χ3n) is 2.92. The molecule has 0 saturated heterocycles. The third-order valence-corrected chi connectivity index (χ3v) is 4.73. The van der Waals surface area contributed by atoms with E-state index in [0.717, 1.165) is 20.9 Å². The molecule has 0 amide bonds. The largest absolute Gasteiger partial charge is 0.463 e. The van der Waals surface area contributed by atoms with Crippen LogP contribution in [-0.4, -0.2) is 27.5 Å². The van der Waals surface area contributed by atoms with Crippen molar-refractivity contribution in [1.82, 2.24) is 15.0 Å². The van der Waals surface area contributed by atoms with E-state index in [9.17, 15) is 4.79 Å². The summed E-state index contributed by atoms with van der Waals surface area (Å²) in [5.41, 5.74) is 2.28. The fraction of sp³-hybridized carbons (Fsp3) is 0.200. The average molecular weight is 331 g/mol. The highest BCUT2D eigenvalue weighted by molar-refractivity contribution is 7.16. The Morgan fingerprint density at radius 2 is 2.23 bits per heavy atom. The Labute approximate surface area is 135 Å². The number of thiophene rings is 1. The second-order valence-corrected chi connectivity index (χ2v) is 6.22. The molecule has 0 aliphatic rings. The van der Waals surface area contributed by atoms with Gasteiger partial charge in [-0.05, 0) is 25.3 Å². The number of hydrogen-bond acceptors (Lipinski definition) is 7. The Morgan fingerprint density at radius 1 is 1.36 bits per heavy atom. The van der Waals surface area contributed by atoms with E-state index in [1.165, 1.54) is 35.1 Å². The van der Waals surface area contributed by atoms with Gasteiger partial charge in [0.15, 0.2) is 0 Å². The van der Waals surface area contributed by atoms with E-state index in [1.807, 2.05) is 23.8 Å². The molecule has 5 nitrogen and oxygen atoms in total. The quantitative estimate of drug-likeness (QED) is 0.541. The first kappa shape index (κ1) is 14.8. The first-order valence-electron chi connectivity index (χ1n) is 6.68. The summed E-state index contributed by atoms with van der Waals surface area (Å²) in [4.78, 5) is 25.9. The minimum atomic E-state index is -0.396. The van der Waals surface area contributed by atoms with Crippen LogP contribution in [0.5, 0.6) is 0 Å². The number of carbonyl (C=O) groups is 1. The maximum Gasteiger partial charge on any atom is 0.331 e. The zero-order valence-corrected chi connectivity index (χ0v) is 13.7. The normalized spacial score (nSPS) is 11.8. The van der Waals surface area contributed by atoms with Crippen molar-refractivity contribution in [1.29, 1.82) is 0 Å². The van der Waals surface area contributed by atoms with E-state index >= 15 is 0 Å². The van der Waals surface area contributed by atoms with E-state index in [1.54, 1.807) is 6.92 Å². The Balaban J connectivity index is 2.17. The first-order chi connectivity index (χ1) is 10.7. The topological polar surface area (TPSA) is 65.0 Å². The monoisotopic (exact) mass is 331 g/mol. The number of nitrogens with zero attached hydrogens (tertiary/aromatic N) is 3. The maximum atomic E-state index is 11.9. The van der Waals surface area contributed by atoms with Gasteiger partial charge in [0.05, 0.1) is 12.3 Å². The summed E-state index contributed by atoms with van der Waals surface area (Å²) >= 11 is 3.02. The van der Waals surface area contributed by atoms with Gasteiger partial charge in [-0.1, -0.05) is 0 Å². The van der Waals surface area contributed by atoms with Crippen LogP contribution >= 0.6 is 22.7 Å². The predicted octanol–water partition coefficient (Wildman–Crippen LogP) is 3.45. The van der Waals surface area contributed by atoms with Crippen LogP contribution < -0.4 is 0 Å². The van der Waals surface area contributed by atoms with Crippen molar-refractivity contribution in [2.45, 2.75) is 13.8 Å². The molecule has 112 valence electrons. The molecule has 3 heterocycles. The second kappa shape index (κ2) is 6.33. The maximum absolute atomic E-state index is 11.9. The van der Waals surface area contributed by atoms with Crippen molar-refractivity contribution in [3.63, 3.8) is 0 Å². The predicted molar refractivity (Wildman–Crippen MR) is 88.0 cm³/mol. The SMILES string of the molecule is CCOC(=O)/C=C(/c1nc(C)cs1)c1ncnc2sccc12. The lowest BCUT2D eigenvalue weighted by Crippen LogP contribution is -2.03. The van der Waals surface area contributed by atoms with Crippen LogP contribution in [0.3, 0.4) is 0 Å². The van der Waals surface area contributed by atoms with Gasteiger partial charge in [0.1, 0.15) is 16.2 Å². The number of aryl methyl sites for hydroxylation is 1. The Bertz CT molecular complexity index is 851. The number of aromatic nitrogens is 3. The van der Waals surface area contributed by atoms with E-state index in [0.29, 0.717) is 17.9 Å². The minimum absolute atomic E-state index is 0.331. The number of esters is 1. The smallest absolute Gasteiger partial charge is 0.331 e. The highest BCUT2D eigenvalue weighted by atomic mass is 32.1. The molecule has 7 heteroatoms. The summed E-state index contributed by atoms with van der Waals surface area (Å²) in [6.07, 6.45) is 2.97. The van der Waals surface area contributed by atoms with Crippen molar-refractivity contribution in [3.8, 4) is 0 Å². The van der Waals surface area contributed by atoms with Gasteiger partial charge in [-0.3, -0.25) is 0 Å². The van der Waals surface area contributed by atoms with Gasteiger partial charge >= 0.3 is 5.97 Å². The molecule has 0 atom stereocenters. The fourth-order valence-electron chi connectivity index (χ4n) is 2.02. The van der Waals surface area contributed by atoms with Gasteiger partial charge in [0.25, 0.3) is 0 Å². The molecule has 0 unspecified atom stereocenters. The fourth-order valence-corrected chi connectivity index (χ4v) is 3.56. The van der Waals surface area contributed by atoms with Crippen LogP contribution in [-0.2, 0) is 9.53 Å². The minimum Gasteiger partial charge on any atom is -0.463 e. The lowest BCUT2D eigenvalue weighted by Gasteiger charge is -2.05. The third kappa shape index (κ3) is 2.90. The van der Waals surface area contributed by atoms with Crippen LogP contribution in [0, 0.1) is 6.92 Å². The summed E-state index contributed by atoms with van der Waals surface area (Å²) in [5, 5.41) is 5.56. The number of carbonyl (C=O) groups excluding carboxylic acids is 1. The first-order valence-corrected chi connectivity index (χ1v) is 8.44. The Hall–Kier alpha value is -2.12. The summed E-state index contributed by atoms with van der Waals surface area (Å²) < 4.78 is 5.04. The molecule has 0 radical (unpaired) electrons. The number of fused-ring (bicyclic) bond motifs is 1. The number of thiazole rings is 1. The number of hydrogen-bond donors (Lipinski definition) is 0. The molecule has 22 heavy (non-hydrogen) atoms. The van der Waals surface area contributed by atoms with E-state index in [2.05, 4.69) is 15.0 Å². The molecule has 3 rings (SSSR count). The summed E-state index contributed by atoms with van der Waals surface area (Å²) in [6.45, 7) is 4.03. The molecule has 3 aromatic rings. The average Bonchev–Trinajstić information content (AvgIpc) is 3.13. The molecule has 0 aliphatic heterocycles. The lowest BCUT2D eigenvalue weighted by molar-refractivity contribution is -0.137. The highest BCUT2D eigenvalue weighted by Crippen LogP contribution is 2.31. The zero-order chi connectivity index (χ0) is 15.5. The van der Waals surface area contributed by atoms with Crippen molar-refractivity contribution in [2.75, 3.05) is 6.61 Å². The van der Waals surface area contributed by atoms with E-state index in [4.69, 9.17) is 4.74 Å². The molecule has 0 bridgehead atoms. The Morgan fingerprint density at radius 3 is 2.95 bits per heavy atom. The molecule has 0 spiro atoms. The molecule has 3 aromatic heterocycles. The van der Waals surface area contributed by atoms with Gasteiger partial charge in [0, 0.05) is 28.1 Å². The summed E-state index contributed by atoms with van der Waals surface area (Å²) in [7, 11) is 0. The van der Waals surface area contributed by atoms with Crippen LogP contribution in [0.2, 0.25) is 0 Å². The summed E-state index contributed by atoms with van der Waals surface area (Å²) in [6, 6.07) is 1.95. The molecular weight excluding hydrogens is 318 g/mol. The second-order valence-electron chi connectivity index (χ2n) is 4.47. The molecule has 0 fully saturated rings. The molecule has 0 aliphatic carbocycles. The molecule has 0 N–H and O–H groups in total. The summed E-state index contributed by atoms with van der Waals surface area (Å²) in [5.74, 6) is -0.396. The number of ether oxygens (including phenoxy) is 1. The van der Waals surface area contributed by atoms with Gasteiger partial charge < -0.3 is 4.74 Å². The van der Waals surface area contributed by atoms with Crippen LogP contribution in [0.15, 0.2) is 29.2 Å². The van der Waals surface area contributed by atoms with Crippen molar-refractivity contribution in [2.24, 2.45) is 0 Å². The molecule has 0 aromatic carbocycles. The standard InChI is InChI=1S/C15H13N3O2S2/c1-3-20-12(19)6-11(15-18-9(2)7-22-15)13-10-4-5-21-14(10)17-8-16-13/h4-8H,3H2,1-2H3/b11-6+. The van der Waals surface area contributed by atoms with Gasteiger partial charge in [-0.25, -0.2) is 19.7 Å². The van der Waals surface area contributed by atoms with Gasteiger partial charge in [-0.15, -0.1) is 22.7 Å². The molecular formula is C15H13N3O2S2. The van der Waals surface area contributed by atoms with E-state index in [-0.39, 0.29) is 0 Å². The van der Waals surface area contributed by atoms with Gasteiger partial charge in [-0.2, -0.15) is 0 Å². The van der Waals surface area contributed by atoms with Crippen molar-refractivity contribution < 1.29 is 9.53 Å². The van der Waals surface area contributed by atoms with E-state index < -0.39 is 5.97 Å². The highest BCUT2D eigenvalue weighted by Gasteiger charge is 2.16. The zero-order valence-electron chi connectivity index (χ0n) is 12.1. The molecule has 0 saturated carbocycles. The lowest BCUT2D eigenvalue weighted by atomic mass is 10.1. The van der Waals surface area contributed by atoms with Crippen LogP contribution in [0.1, 0.15) is 23.3 Å². The van der Waals surface area contributed by atoms with Crippen LogP contribution in [0.25, 0.3) is 15.8 Å².